The summed E-state index contributed by atoms with van der Waals surface area (Å²) < 4.78 is 0. The standard InChI is InChI=1S/C5H12N3P/c1-3-5(9)8-7-4-6-2/h4H,3,9H2,1-2H3,(H,6,7)/b8-5-. The van der Waals surface area contributed by atoms with Gasteiger partial charge < -0.3 is 5.32 Å². The Hall–Kier alpha value is -0.430. The fraction of sp³-hybridized carbons (Fsp3) is 0.600. The van der Waals surface area contributed by atoms with E-state index in [-0.39, 0.29) is 0 Å². The summed E-state index contributed by atoms with van der Waals surface area (Å²) >= 11 is 0. The van der Waals surface area contributed by atoms with Crippen LogP contribution in [0.4, 0.5) is 0 Å². The van der Waals surface area contributed by atoms with Gasteiger partial charge in [0.15, 0.2) is 0 Å². The van der Waals surface area contributed by atoms with Gasteiger partial charge in [0.2, 0.25) is 0 Å². The number of hydrogen-bond acceptors (Lipinski definition) is 2. The molecular formula is C5H12N3P. The van der Waals surface area contributed by atoms with Crippen LogP contribution in [0.2, 0.25) is 0 Å². The van der Waals surface area contributed by atoms with Gasteiger partial charge in [0.25, 0.3) is 0 Å². The van der Waals surface area contributed by atoms with Crippen LogP contribution in [0.1, 0.15) is 13.3 Å². The first-order valence-corrected chi connectivity index (χ1v) is 3.40. The van der Waals surface area contributed by atoms with Gasteiger partial charge in [-0.3, -0.25) is 0 Å². The van der Waals surface area contributed by atoms with Crippen LogP contribution >= 0.6 is 9.24 Å². The van der Waals surface area contributed by atoms with Crippen molar-refractivity contribution in [2.75, 3.05) is 7.05 Å². The predicted molar refractivity (Wildman–Crippen MR) is 45.0 cm³/mol. The van der Waals surface area contributed by atoms with Crippen molar-refractivity contribution < 1.29 is 0 Å². The molecule has 1 unspecified atom stereocenters. The molecule has 0 radical (unpaired) electrons. The lowest BCUT2D eigenvalue weighted by molar-refractivity contribution is 1.14. The third-order valence-electron chi connectivity index (χ3n) is 0.735. The van der Waals surface area contributed by atoms with Crippen molar-refractivity contribution in [2.45, 2.75) is 13.3 Å². The summed E-state index contributed by atoms with van der Waals surface area (Å²) in [6.07, 6.45) is 2.46. The van der Waals surface area contributed by atoms with Crippen molar-refractivity contribution in [3.63, 3.8) is 0 Å². The molecule has 1 atom stereocenters. The lowest BCUT2D eigenvalue weighted by atomic mass is 10.5. The SMILES string of the molecule is CC/C(P)=N/N=C/NC. The Morgan fingerprint density at radius 2 is 2.44 bits per heavy atom. The minimum absolute atomic E-state index is 0.922. The van der Waals surface area contributed by atoms with Crippen molar-refractivity contribution in [3.05, 3.63) is 0 Å². The molecule has 0 aliphatic rings. The third kappa shape index (κ3) is 5.44. The monoisotopic (exact) mass is 145 g/mol. The Balaban J connectivity index is 3.55. The maximum absolute atomic E-state index is 3.82. The van der Waals surface area contributed by atoms with Crippen molar-refractivity contribution >= 4 is 21.0 Å². The smallest absolute Gasteiger partial charge is 0.111 e. The summed E-state index contributed by atoms with van der Waals surface area (Å²) in [4.78, 5) is 0. The second kappa shape index (κ2) is 5.70. The maximum Gasteiger partial charge on any atom is 0.111 e. The van der Waals surface area contributed by atoms with Gasteiger partial charge in [0.05, 0.1) is 5.45 Å². The summed E-state index contributed by atoms with van der Waals surface area (Å²) in [5, 5.41) is 10.2. The summed E-state index contributed by atoms with van der Waals surface area (Å²) in [6, 6.07) is 0. The van der Waals surface area contributed by atoms with E-state index in [0.717, 1.165) is 11.9 Å². The van der Waals surface area contributed by atoms with Crippen LogP contribution in [0.15, 0.2) is 10.2 Å². The van der Waals surface area contributed by atoms with Crippen molar-refractivity contribution in [1.29, 1.82) is 0 Å². The molecule has 0 rings (SSSR count). The highest BCUT2D eigenvalue weighted by atomic mass is 31.0. The van der Waals surface area contributed by atoms with Crippen LogP contribution in [-0.2, 0) is 0 Å². The molecule has 0 bridgehead atoms. The van der Waals surface area contributed by atoms with E-state index in [1.807, 2.05) is 6.92 Å². The second-order valence-electron chi connectivity index (χ2n) is 1.48. The molecule has 0 aromatic rings. The molecule has 52 valence electrons. The highest BCUT2D eigenvalue weighted by molar-refractivity contribution is 7.40. The van der Waals surface area contributed by atoms with Gasteiger partial charge in [-0.2, -0.15) is 5.10 Å². The number of hydrogen-bond donors (Lipinski definition) is 1. The number of nitrogens with one attached hydrogen (secondary N) is 1. The van der Waals surface area contributed by atoms with E-state index in [1.165, 1.54) is 0 Å². The summed E-state index contributed by atoms with van der Waals surface area (Å²) in [7, 11) is 4.30. The maximum atomic E-state index is 3.82. The van der Waals surface area contributed by atoms with Gasteiger partial charge in [-0.05, 0) is 6.42 Å². The van der Waals surface area contributed by atoms with E-state index in [2.05, 4.69) is 24.8 Å². The average molecular weight is 145 g/mol. The lowest BCUT2D eigenvalue weighted by Crippen LogP contribution is -1.99. The second-order valence-corrected chi connectivity index (χ2v) is 2.14. The van der Waals surface area contributed by atoms with Crippen LogP contribution in [-0.4, -0.2) is 18.8 Å². The fourth-order valence-corrected chi connectivity index (χ4v) is 0.298. The Kier molecular flexibility index (Phi) is 5.43. The summed E-state index contributed by atoms with van der Waals surface area (Å²) in [5.41, 5.74) is 0.960. The first kappa shape index (κ1) is 8.57. The van der Waals surface area contributed by atoms with E-state index < -0.39 is 0 Å². The van der Waals surface area contributed by atoms with Crippen molar-refractivity contribution in [2.24, 2.45) is 10.2 Å². The van der Waals surface area contributed by atoms with E-state index in [1.54, 1.807) is 13.4 Å². The minimum Gasteiger partial charge on any atom is -0.378 e. The van der Waals surface area contributed by atoms with E-state index in [9.17, 15) is 0 Å². The first-order chi connectivity index (χ1) is 4.31. The minimum atomic E-state index is 0.922. The molecule has 0 fully saturated rings. The van der Waals surface area contributed by atoms with Gasteiger partial charge in [0, 0.05) is 7.05 Å². The van der Waals surface area contributed by atoms with Gasteiger partial charge in [-0.15, -0.1) is 5.10 Å². The van der Waals surface area contributed by atoms with Crippen molar-refractivity contribution in [3.8, 4) is 0 Å². The molecule has 0 aromatic carbocycles. The van der Waals surface area contributed by atoms with Gasteiger partial charge in [0.1, 0.15) is 6.34 Å². The summed E-state index contributed by atoms with van der Waals surface area (Å²) in [5.74, 6) is 0. The molecule has 0 aliphatic carbocycles. The van der Waals surface area contributed by atoms with Gasteiger partial charge in [-0.1, -0.05) is 16.2 Å². The number of nitrogens with zero attached hydrogens (tertiary/aromatic N) is 2. The Labute approximate surface area is 57.8 Å². The van der Waals surface area contributed by atoms with E-state index in [4.69, 9.17) is 0 Å². The quantitative estimate of drug-likeness (QED) is 0.271. The average Bonchev–Trinajstić information content (AvgIpc) is 1.89. The van der Waals surface area contributed by atoms with E-state index >= 15 is 0 Å². The normalized spacial score (nSPS) is 12.6. The molecule has 0 heterocycles. The third-order valence-corrected chi connectivity index (χ3v) is 1.26. The van der Waals surface area contributed by atoms with Crippen LogP contribution in [0.5, 0.6) is 0 Å². The van der Waals surface area contributed by atoms with Gasteiger partial charge in [-0.25, -0.2) is 0 Å². The Bertz CT molecular complexity index is 119. The zero-order valence-electron chi connectivity index (χ0n) is 5.76. The number of rotatable bonds is 3. The van der Waals surface area contributed by atoms with E-state index in [0.29, 0.717) is 0 Å². The van der Waals surface area contributed by atoms with Crippen molar-refractivity contribution in [1.82, 2.24) is 5.32 Å². The Morgan fingerprint density at radius 3 is 2.89 bits per heavy atom. The Morgan fingerprint density at radius 1 is 1.78 bits per heavy atom. The first-order valence-electron chi connectivity index (χ1n) is 2.82. The fourth-order valence-electron chi connectivity index (χ4n) is 0.231. The van der Waals surface area contributed by atoms with Crippen LogP contribution in [0.3, 0.4) is 0 Å². The highest BCUT2D eigenvalue weighted by Gasteiger charge is 1.79. The molecule has 1 N–H and O–H groups in total. The molecular weight excluding hydrogens is 133 g/mol. The highest BCUT2D eigenvalue weighted by Crippen LogP contribution is 1.94. The molecule has 0 saturated heterocycles. The molecule has 0 spiro atoms. The lowest BCUT2D eigenvalue weighted by Gasteiger charge is -1.86. The molecule has 0 aliphatic heterocycles. The molecule has 3 nitrogen and oxygen atoms in total. The van der Waals surface area contributed by atoms with Crippen LogP contribution in [0, 0.1) is 0 Å². The molecule has 0 amide bonds. The predicted octanol–water partition coefficient (Wildman–Crippen LogP) is 0.833. The molecule has 4 heteroatoms. The summed E-state index contributed by atoms with van der Waals surface area (Å²) in [6.45, 7) is 2.03. The van der Waals surface area contributed by atoms with Gasteiger partial charge >= 0.3 is 0 Å². The molecule has 9 heavy (non-hydrogen) atoms. The largest absolute Gasteiger partial charge is 0.378 e. The molecule has 0 aromatic heterocycles. The zero-order valence-corrected chi connectivity index (χ0v) is 6.91. The zero-order chi connectivity index (χ0) is 7.11. The van der Waals surface area contributed by atoms with Crippen LogP contribution < -0.4 is 5.32 Å². The topological polar surface area (TPSA) is 36.8 Å². The molecule has 0 saturated carbocycles. The van der Waals surface area contributed by atoms with Crippen LogP contribution in [0.25, 0.3) is 0 Å².